The molecule has 0 saturated carbocycles. The van der Waals surface area contributed by atoms with E-state index in [1.807, 2.05) is 0 Å². The van der Waals surface area contributed by atoms with Gasteiger partial charge in [-0.15, -0.1) is 11.6 Å². The Balaban J connectivity index is 2.60. The second-order valence-corrected chi connectivity index (χ2v) is 4.20. The van der Waals surface area contributed by atoms with E-state index in [1.165, 1.54) is 6.07 Å². The largest absolute Gasteiger partial charge is 0.406 e. The first-order valence-electron chi connectivity index (χ1n) is 4.68. The number of alkyl halides is 4. The minimum Gasteiger partial charge on any atom is -0.318 e. The summed E-state index contributed by atoms with van der Waals surface area (Å²) in [6.45, 7) is -1.12. The summed E-state index contributed by atoms with van der Waals surface area (Å²) in [5, 5.41) is 0.363. The first kappa shape index (κ1) is 12.5. The molecule has 2 rings (SSSR count). The van der Waals surface area contributed by atoms with Gasteiger partial charge < -0.3 is 4.57 Å². The van der Waals surface area contributed by atoms with Gasteiger partial charge in [-0.05, 0) is 18.2 Å². The fraction of sp³-hybridized carbons (Fsp3) is 0.300. The highest BCUT2D eigenvalue weighted by molar-refractivity contribution is 6.31. The van der Waals surface area contributed by atoms with Crippen molar-refractivity contribution in [2.24, 2.45) is 0 Å². The fourth-order valence-corrected chi connectivity index (χ4v) is 1.97. The summed E-state index contributed by atoms with van der Waals surface area (Å²) in [6, 6.07) is 4.60. The van der Waals surface area contributed by atoms with Crippen LogP contribution in [0.15, 0.2) is 18.2 Å². The molecule has 0 aliphatic heterocycles. The molecule has 0 atom stereocenters. The smallest absolute Gasteiger partial charge is 0.318 e. The molecule has 1 heterocycles. The molecule has 0 aliphatic rings. The summed E-state index contributed by atoms with van der Waals surface area (Å²) in [6.07, 6.45) is -4.32. The van der Waals surface area contributed by atoms with E-state index in [2.05, 4.69) is 4.98 Å². The van der Waals surface area contributed by atoms with Crippen molar-refractivity contribution in [2.45, 2.75) is 18.6 Å². The average Bonchev–Trinajstić information content (AvgIpc) is 2.54. The maximum absolute atomic E-state index is 12.4. The summed E-state index contributed by atoms with van der Waals surface area (Å²) in [7, 11) is 0. The van der Waals surface area contributed by atoms with Gasteiger partial charge in [-0.1, -0.05) is 11.6 Å². The van der Waals surface area contributed by atoms with E-state index >= 15 is 0 Å². The summed E-state index contributed by atoms with van der Waals surface area (Å²) < 4.78 is 38.4. The van der Waals surface area contributed by atoms with E-state index in [0.29, 0.717) is 16.1 Å². The van der Waals surface area contributed by atoms with Crippen molar-refractivity contribution in [1.29, 1.82) is 0 Å². The number of hydrogen-bond donors (Lipinski definition) is 0. The average molecular weight is 283 g/mol. The Morgan fingerprint density at radius 2 is 2.00 bits per heavy atom. The molecule has 0 radical (unpaired) electrons. The molecule has 17 heavy (non-hydrogen) atoms. The van der Waals surface area contributed by atoms with Crippen LogP contribution in [0.25, 0.3) is 11.0 Å². The van der Waals surface area contributed by atoms with Crippen molar-refractivity contribution >= 4 is 34.2 Å². The normalized spacial score (nSPS) is 12.3. The quantitative estimate of drug-likeness (QED) is 0.762. The highest BCUT2D eigenvalue weighted by Crippen LogP contribution is 2.26. The van der Waals surface area contributed by atoms with Gasteiger partial charge in [0.05, 0.1) is 16.9 Å². The van der Waals surface area contributed by atoms with Crippen LogP contribution in [-0.4, -0.2) is 15.7 Å². The van der Waals surface area contributed by atoms with E-state index in [1.54, 1.807) is 12.1 Å². The van der Waals surface area contributed by atoms with Gasteiger partial charge in [0.25, 0.3) is 0 Å². The molecular formula is C10H7Cl2F3N2. The maximum atomic E-state index is 12.4. The Bertz CT molecular complexity index is 548. The van der Waals surface area contributed by atoms with Gasteiger partial charge in [-0.3, -0.25) is 0 Å². The molecule has 0 spiro atoms. The zero-order valence-corrected chi connectivity index (χ0v) is 9.94. The van der Waals surface area contributed by atoms with Crippen LogP contribution >= 0.6 is 23.2 Å². The molecule has 0 saturated heterocycles. The molecule has 2 nitrogen and oxygen atoms in total. The van der Waals surface area contributed by atoms with Crippen LogP contribution in [0, 0.1) is 0 Å². The Morgan fingerprint density at radius 3 is 2.59 bits per heavy atom. The molecule has 1 aromatic carbocycles. The van der Waals surface area contributed by atoms with Crippen LogP contribution in [0.3, 0.4) is 0 Å². The van der Waals surface area contributed by atoms with E-state index in [9.17, 15) is 13.2 Å². The van der Waals surface area contributed by atoms with Crippen molar-refractivity contribution < 1.29 is 13.2 Å². The summed E-state index contributed by atoms with van der Waals surface area (Å²) in [5.41, 5.74) is 0.791. The van der Waals surface area contributed by atoms with Gasteiger partial charge in [-0.2, -0.15) is 13.2 Å². The minimum atomic E-state index is -4.32. The lowest BCUT2D eigenvalue weighted by Gasteiger charge is -2.10. The lowest BCUT2D eigenvalue weighted by molar-refractivity contribution is -0.140. The summed E-state index contributed by atoms with van der Waals surface area (Å²) in [5.74, 6) is 0.101. The first-order chi connectivity index (χ1) is 7.90. The third-order valence-electron chi connectivity index (χ3n) is 2.25. The van der Waals surface area contributed by atoms with Gasteiger partial charge in [-0.25, -0.2) is 4.98 Å². The molecule has 2 aromatic rings. The van der Waals surface area contributed by atoms with E-state index in [-0.39, 0.29) is 11.7 Å². The number of imidazole rings is 1. The van der Waals surface area contributed by atoms with Crippen LogP contribution in [0.1, 0.15) is 5.82 Å². The number of nitrogens with zero attached hydrogens (tertiary/aromatic N) is 2. The second-order valence-electron chi connectivity index (χ2n) is 3.50. The lowest BCUT2D eigenvalue weighted by atomic mass is 10.3. The topological polar surface area (TPSA) is 17.8 Å². The number of halogens is 5. The predicted octanol–water partition coefficient (Wildman–Crippen LogP) is 3.99. The molecular weight excluding hydrogens is 276 g/mol. The molecule has 7 heteroatoms. The first-order valence-corrected chi connectivity index (χ1v) is 5.59. The highest BCUT2D eigenvalue weighted by Gasteiger charge is 2.30. The summed E-state index contributed by atoms with van der Waals surface area (Å²) >= 11 is 11.3. The Kier molecular flexibility index (Phi) is 3.23. The van der Waals surface area contributed by atoms with Crippen molar-refractivity contribution in [3.05, 3.63) is 29.0 Å². The van der Waals surface area contributed by atoms with Crippen molar-refractivity contribution in [3.63, 3.8) is 0 Å². The predicted molar refractivity (Wildman–Crippen MR) is 60.4 cm³/mol. The lowest BCUT2D eigenvalue weighted by Crippen LogP contribution is -2.19. The van der Waals surface area contributed by atoms with Gasteiger partial charge in [0.15, 0.2) is 0 Å². The zero-order chi connectivity index (χ0) is 12.6. The maximum Gasteiger partial charge on any atom is 0.406 e. The summed E-state index contributed by atoms with van der Waals surface area (Å²) in [4.78, 5) is 4.03. The monoisotopic (exact) mass is 282 g/mol. The second kappa shape index (κ2) is 4.38. The van der Waals surface area contributed by atoms with Crippen LogP contribution < -0.4 is 0 Å². The molecule has 0 amide bonds. The third-order valence-corrected chi connectivity index (χ3v) is 2.72. The molecule has 92 valence electrons. The Morgan fingerprint density at radius 1 is 1.29 bits per heavy atom. The zero-order valence-electron chi connectivity index (χ0n) is 8.43. The molecule has 0 unspecified atom stereocenters. The number of benzene rings is 1. The standard InChI is InChI=1S/C10H7Cl2F3N2/c11-4-9-16-7-2-1-6(12)3-8(7)17(9)5-10(13,14)15/h1-3H,4-5H2. The van der Waals surface area contributed by atoms with Crippen LogP contribution in [-0.2, 0) is 12.4 Å². The van der Waals surface area contributed by atoms with Crippen molar-refractivity contribution in [1.82, 2.24) is 9.55 Å². The fourth-order valence-electron chi connectivity index (χ4n) is 1.60. The molecule has 0 bridgehead atoms. The van der Waals surface area contributed by atoms with E-state index in [4.69, 9.17) is 23.2 Å². The molecule has 1 aromatic heterocycles. The number of fused-ring (bicyclic) bond motifs is 1. The van der Waals surface area contributed by atoms with Crippen molar-refractivity contribution in [3.8, 4) is 0 Å². The van der Waals surface area contributed by atoms with E-state index < -0.39 is 12.7 Å². The van der Waals surface area contributed by atoms with Crippen LogP contribution in [0.2, 0.25) is 5.02 Å². The molecule has 0 fully saturated rings. The number of aromatic nitrogens is 2. The Hall–Kier alpha value is -0.940. The van der Waals surface area contributed by atoms with Gasteiger partial charge in [0.1, 0.15) is 12.4 Å². The van der Waals surface area contributed by atoms with E-state index in [0.717, 1.165) is 4.57 Å². The van der Waals surface area contributed by atoms with Gasteiger partial charge >= 0.3 is 6.18 Å². The molecule has 0 aliphatic carbocycles. The highest BCUT2D eigenvalue weighted by atomic mass is 35.5. The van der Waals surface area contributed by atoms with Crippen LogP contribution in [0.5, 0.6) is 0 Å². The SMILES string of the molecule is FC(F)(F)Cn1c(CCl)nc2ccc(Cl)cc21. The number of hydrogen-bond acceptors (Lipinski definition) is 1. The van der Waals surface area contributed by atoms with Gasteiger partial charge in [0.2, 0.25) is 0 Å². The van der Waals surface area contributed by atoms with Crippen LogP contribution in [0.4, 0.5) is 13.2 Å². The molecule has 0 N–H and O–H groups in total. The Labute approximate surface area is 105 Å². The van der Waals surface area contributed by atoms with Gasteiger partial charge in [0, 0.05) is 5.02 Å². The third kappa shape index (κ3) is 2.66. The number of rotatable bonds is 2. The van der Waals surface area contributed by atoms with Crippen molar-refractivity contribution in [2.75, 3.05) is 0 Å². The minimum absolute atomic E-state index is 0.0810.